The van der Waals surface area contributed by atoms with Crippen LogP contribution < -0.4 is 0 Å². The first kappa shape index (κ1) is 13.2. The zero-order valence-electron chi connectivity index (χ0n) is 8.88. The van der Waals surface area contributed by atoms with Crippen molar-refractivity contribution in [2.75, 3.05) is 0 Å². The Balaban J connectivity index is 3.43. The summed E-state index contributed by atoms with van der Waals surface area (Å²) < 4.78 is 0. The van der Waals surface area contributed by atoms with Gasteiger partial charge in [0, 0.05) is 5.03 Å². The van der Waals surface area contributed by atoms with Gasteiger partial charge in [-0.25, -0.2) is 0 Å². The highest BCUT2D eigenvalue weighted by molar-refractivity contribution is 6.30. The first-order valence-corrected chi connectivity index (χ1v) is 5.47. The molecule has 0 N–H and O–H groups in total. The standard InChI is InChI=1S/C13H19Cl/c1-3-4-5-6-7-8-9-10-11-12-13(2)14/h6-7,9-12H,2-5,8H2,1H3/b7-6+,10-9-,12-11-. The van der Waals surface area contributed by atoms with E-state index in [1.165, 1.54) is 19.3 Å². The van der Waals surface area contributed by atoms with Crippen molar-refractivity contribution in [2.45, 2.75) is 32.6 Å². The van der Waals surface area contributed by atoms with Crippen LogP contribution in [0.1, 0.15) is 32.6 Å². The zero-order chi connectivity index (χ0) is 10.6. The molecule has 0 saturated heterocycles. The van der Waals surface area contributed by atoms with Crippen molar-refractivity contribution in [3.8, 4) is 0 Å². The maximum Gasteiger partial charge on any atom is 0.0334 e. The molecular formula is C13H19Cl. The minimum atomic E-state index is 0.563. The molecule has 0 radical (unpaired) electrons. The molecular weight excluding hydrogens is 192 g/mol. The van der Waals surface area contributed by atoms with E-state index in [0.29, 0.717) is 5.03 Å². The lowest BCUT2D eigenvalue weighted by Gasteiger charge is -1.86. The summed E-state index contributed by atoms with van der Waals surface area (Å²) in [5.41, 5.74) is 0. The second-order valence-electron chi connectivity index (χ2n) is 3.08. The van der Waals surface area contributed by atoms with Crippen LogP contribution in [0.4, 0.5) is 0 Å². The quantitative estimate of drug-likeness (QED) is 0.316. The molecule has 14 heavy (non-hydrogen) atoms. The van der Waals surface area contributed by atoms with Crippen LogP contribution in [0.2, 0.25) is 0 Å². The summed E-state index contributed by atoms with van der Waals surface area (Å²) in [6.45, 7) is 5.76. The number of hydrogen-bond donors (Lipinski definition) is 0. The van der Waals surface area contributed by atoms with E-state index in [2.05, 4.69) is 31.7 Å². The van der Waals surface area contributed by atoms with Crippen molar-refractivity contribution in [3.63, 3.8) is 0 Å². The largest absolute Gasteiger partial charge is 0.0882 e. The summed E-state index contributed by atoms with van der Waals surface area (Å²) in [5.74, 6) is 0. The second-order valence-corrected chi connectivity index (χ2v) is 3.57. The normalized spacial score (nSPS) is 12.1. The van der Waals surface area contributed by atoms with Crippen molar-refractivity contribution in [3.05, 3.63) is 48.1 Å². The lowest BCUT2D eigenvalue weighted by Crippen LogP contribution is -1.66. The maximum absolute atomic E-state index is 5.55. The van der Waals surface area contributed by atoms with Gasteiger partial charge in [0.05, 0.1) is 0 Å². The average Bonchev–Trinajstić information content (AvgIpc) is 2.15. The van der Waals surface area contributed by atoms with Gasteiger partial charge in [-0.2, -0.15) is 0 Å². The lowest BCUT2D eigenvalue weighted by molar-refractivity contribution is 0.813. The Kier molecular flexibility index (Phi) is 9.78. The first-order valence-electron chi connectivity index (χ1n) is 5.10. The average molecular weight is 211 g/mol. The Morgan fingerprint density at radius 2 is 2.00 bits per heavy atom. The highest BCUT2D eigenvalue weighted by Gasteiger charge is 1.76. The van der Waals surface area contributed by atoms with Gasteiger partial charge in [0.1, 0.15) is 0 Å². The molecule has 0 atom stereocenters. The number of hydrogen-bond acceptors (Lipinski definition) is 0. The third-order valence-corrected chi connectivity index (χ3v) is 1.81. The second kappa shape index (κ2) is 10.3. The number of rotatable bonds is 7. The fraction of sp³-hybridized carbons (Fsp3) is 0.385. The molecule has 0 fully saturated rings. The van der Waals surface area contributed by atoms with E-state index in [-0.39, 0.29) is 0 Å². The minimum Gasteiger partial charge on any atom is -0.0882 e. The van der Waals surface area contributed by atoms with Crippen molar-refractivity contribution in [2.24, 2.45) is 0 Å². The molecule has 0 aliphatic rings. The van der Waals surface area contributed by atoms with E-state index in [1.807, 2.05) is 12.2 Å². The summed E-state index contributed by atoms with van der Waals surface area (Å²) in [4.78, 5) is 0. The number of halogens is 1. The van der Waals surface area contributed by atoms with Crippen LogP contribution in [0.15, 0.2) is 48.1 Å². The van der Waals surface area contributed by atoms with Crippen LogP contribution in [0, 0.1) is 0 Å². The van der Waals surface area contributed by atoms with Gasteiger partial charge in [-0.05, 0) is 18.9 Å². The predicted octanol–water partition coefficient (Wildman–Crippen LogP) is 4.99. The molecule has 0 saturated carbocycles. The van der Waals surface area contributed by atoms with Crippen LogP contribution in [-0.4, -0.2) is 0 Å². The van der Waals surface area contributed by atoms with Crippen LogP contribution in [-0.2, 0) is 0 Å². The van der Waals surface area contributed by atoms with Gasteiger partial charge in [-0.3, -0.25) is 0 Å². The van der Waals surface area contributed by atoms with Gasteiger partial charge < -0.3 is 0 Å². The van der Waals surface area contributed by atoms with E-state index in [9.17, 15) is 0 Å². The zero-order valence-corrected chi connectivity index (χ0v) is 9.63. The molecule has 0 amide bonds. The Morgan fingerprint density at radius 3 is 2.64 bits per heavy atom. The Labute approximate surface area is 92.7 Å². The molecule has 78 valence electrons. The summed E-state index contributed by atoms with van der Waals surface area (Å²) in [7, 11) is 0. The number of allylic oxidation sites excluding steroid dienone is 7. The van der Waals surface area contributed by atoms with Crippen LogP contribution in [0.5, 0.6) is 0 Å². The first-order chi connectivity index (χ1) is 6.77. The Hall–Kier alpha value is -0.750. The monoisotopic (exact) mass is 210 g/mol. The third-order valence-electron chi connectivity index (χ3n) is 1.69. The van der Waals surface area contributed by atoms with E-state index >= 15 is 0 Å². The van der Waals surface area contributed by atoms with Gasteiger partial charge in [0.2, 0.25) is 0 Å². The molecule has 0 aromatic carbocycles. The lowest BCUT2D eigenvalue weighted by atomic mass is 10.2. The highest BCUT2D eigenvalue weighted by atomic mass is 35.5. The van der Waals surface area contributed by atoms with Gasteiger partial charge in [-0.15, -0.1) is 0 Å². The smallest absolute Gasteiger partial charge is 0.0334 e. The van der Waals surface area contributed by atoms with Gasteiger partial charge in [0.25, 0.3) is 0 Å². The predicted molar refractivity (Wildman–Crippen MR) is 66.6 cm³/mol. The Bertz CT molecular complexity index is 221. The number of unbranched alkanes of at least 4 members (excludes halogenated alkanes) is 2. The van der Waals surface area contributed by atoms with Crippen LogP contribution in [0.3, 0.4) is 0 Å². The molecule has 1 heteroatoms. The fourth-order valence-corrected chi connectivity index (χ4v) is 1.00. The minimum absolute atomic E-state index is 0.563. The van der Waals surface area contributed by atoms with Crippen molar-refractivity contribution in [1.82, 2.24) is 0 Å². The van der Waals surface area contributed by atoms with E-state index in [0.717, 1.165) is 6.42 Å². The van der Waals surface area contributed by atoms with Crippen LogP contribution in [0.25, 0.3) is 0 Å². The fourth-order valence-electron chi connectivity index (χ4n) is 0.932. The van der Waals surface area contributed by atoms with Gasteiger partial charge in [-0.1, -0.05) is 68.3 Å². The Morgan fingerprint density at radius 1 is 1.21 bits per heavy atom. The van der Waals surface area contributed by atoms with E-state index < -0.39 is 0 Å². The van der Waals surface area contributed by atoms with Crippen LogP contribution >= 0.6 is 11.6 Å². The molecule has 0 spiro atoms. The summed E-state index contributed by atoms with van der Waals surface area (Å²) in [6.07, 6.45) is 16.9. The molecule has 0 heterocycles. The molecule has 0 rings (SSSR count). The van der Waals surface area contributed by atoms with Crippen molar-refractivity contribution in [1.29, 1.82) is 0 Å². The molecule has 0 nitrogen and oxygen atoms in total. The van der Waals surface area contributed by atoms with E-state index in [4.69, 9.17) is 11.6 Å². The van der Waals surface area contributed by atoms with Gasteiger partial charge >= 0.3 is 0 Å². The summed E-state index contributed by atoms with van der Waals surface area (Å²) >= 11 is 5.55. The van der Waals surface area contributed by atoms with Crippen molar-refractivity contribution < 1.29 is 0 Å². The molecule has 0 aliphatic heterocycles. The highest BCUT2D eigenvalue weighted by Crippen LogP contribution is 1.99. The molecule has 0 unspecified atom stereocenters. The summed E-state index contributed by atoms with van der Waals surface area (Å²) in [5, 5.41) is 0.563. The van der Waals surface area contributed by atoms with E-state index in [1.54, 1.807) is 6.08 Å². The molecule has 0 aromatic rings. The molecule has 0 bridgehead atoms. The molecule has 0 aliphatic carbocycles. The maximum atomic E-state index is 5.55. The summed E-state index contributed by atoms with van der Waals surface area (Å²) in [6, 6.07) is 0. The topological polar surface area (TPSA) is 0 Å². The third kappa shape index (κ3) is 11.2. The van der Waals surface area contributed by atoms with Crippen molar-refractivity contribution >= 4 is 11.6 Å². The molecule has 0 aromatic heterocycles. The SMILES string of the molecule is C=C(Cl)/C=C\C=C/C/C=C/CCCC. The van der Waals surface area contributed by atoms with Gasteiger partial charge in [0.15, 0.2) is 0 Å².